The van der Waals surface area contributed by atoms with E-state index in [9.17, 15) is 0 Å². The van der Waals surface area contributed by atoms with Crippen molar-refractivity contribution in [1.29, 1.82) is 0 Å². The van der Waals surface area contributed by atoms with E-state index in [4.69, 9.17) is 9.47 Å². The maximum absolute atomic E-state index is 5.08. The van der Waals surface area contributed by atoms with Gasteiger partial charge in [0.05, 0.1) is 0 Å². The lowest BCUT2D eigenvalue weighted by Crippen LogP contribution is -1.92. The number of aromatic nitrogens is 1. The highest BCUT2D eigenvalue weighted by Gasteiger charge is 2.09. The summed E-state index contributed by atoms with van der Waals surface area (Å²) < 4.78 is 10.2. The molecule has 0 fully saturated rings. The molecule has 0 saturated heterocycles. The van der Waals surface area contributed by atoms with E-state index < -0.39 is 0 Å². The van der Waals surface area contributed by atoms with Crippen LogP contribution in [0.15, 0.2) is 85.2 Å². The zero-order chi connectivity index (χ0) is 30.2. The van der Waals surface area contributed by atoms with E-state index in [1.165, 1.54) is 5.56 Å². The van der Waals surface area contributed by atoms with Crippen molar-refractivity contribution >= 4 is 0 Å². The van der Waals surface area contributed by atoms with Gasteiger partial charge in [-0.05, 0) is 47.6 Å². The monoisotopic (exact) mass is 527 g/mol. The van der Waals surface area contributed by atoms with Gasteiger partial charge in [-0.1, -0.05) is 145 Å². The van der Waals surface area contributed by atoms with Crippen LogP contribution in [0, 0.1) is 11.8 Å². The number of benzene rings is 2. The Morgan fingerprint density at radius 3 is 1.05 bits per heavy atom. The van der Waals surface area contributed by atoms with Gasteiger partial charge in [-0.25, -0.2) is 0 Å². The van der Waals surface area contributed by atoms with E-state index >= 15 is 0 Å². The summed E-state index contributed by atoms with van der Waals surface area (Å²) >= 11 is 0. The predicted octanol–water partition coefficient (Wildman–Crippen LogP) is 11.7. The van der Waals surface area contributed by atoms with Crippen LogP contribution in [0.25, 0.3) is 0 Å². The maximum atomic E-state index is 5.08. The normalized spacial score (nSPS) is 9.29. The van der Waals surface area contributed by atoms with E-state index in [0.717, 1.165) is 23.3 Å². The Balaban J connectivity index is -0.000000187. The van der Waals surface area contributed by atoms with Gasteiger partial charge in [-0.2, -0.15) is 0 Å². The van der Waals surface area contributed by atoms with Gasteiger partial charge in [0, 0.05) is 12.4 Å². The Hall–Kier alpha value is -2.81. The Morgan fingerprint density at radius 2 is 0.816 bits per heavy atom. The standard InChI is InChI=1S/C9H12.C7H6O2.C5H5N.2C4H10.3C2H6/c1-8(2)9-6-4-3-5-7-9;1-2-4-7-6(3-1)8-5-9-7;1-2-4-6-5-3-1;2*1-4(2)3;3*1-2/h3-8H,1-2H3;1-4H,5H2;1-5H;2*4H,1-3H3;3*1-2H3. The second kappa shape index (κ2) is 34.2. The lowest BCUT2D eigenvalue weighted by atomic mass is 10.0. The summed E-state index contributed by atoms with van der Waals surface area (Å²) in [5.41, 5.74) is 1.41. The third kappa shape index (κ3) is 33.2. The molecule has 0 atom stereocenters. The molecule has 1 aliphatic rings. The molecule has 0 N–H and O–H groups in total. The molecule has 4 rings (SSSR count). The van der Waals surface area contributed by atoms with Crippen LogP contribution in [0.3, 0.4) is 0 Å². The van der Waals surface area contributed by atoms with E-state index in [1.807, 2.05) is 90.1 Å². The fourth-order valence-corrected chi connectivity index (χ4v) is 2.00. The number of ether oxygens (including phenoxy) is 2. The summed E-state index contributed by atoms with van der Waals surface area (Å²) in [6, 6.07) is 23.9. The third-order valence-electron chi connectivity index (χ3n) is 3.31. The van der Waals surface area contributed by atoms with Gasteiger partial charge >= 0.3 is 0 Å². The molecule has 218 valence electrons. The van der Waals surface area contributed by atoms with Crippen LogP contribution in [-0.4, -0.2) is 11.8 Å². The molecule has 3 heteroatoms. The second-order valence-electron chi connectivity index (χ2n) is 8.91. The first kappa shape index (κ1) is 42.3. The van der Waals surface area contributed by atoms with Crippen LogP contribution < -0.4 is 9.47 Å². The largest absolute Gasteiger partial charge is 0.454 e. The Labute approximate surface area is 238 Å². The number of para-hydroxylation sites is 2. The minimum absolute atomic E-state index is 0.360. The molecule has 0 spiro atoms. The number of pyridine rings is 1. The van der Waals surface area contributed by atoms with Crippen molar-refractivity contribution in [2.24, 2.45) is 11.8 Å². The van der Waals surface area contributed by atoms with E-state index in [2.05, 4.69) is 84.6 Å². The summed E-state index contributed by atoms with van der Waals surface area (Å²) in [5.74, 6) is 4.01. The van der Waals surface area contributed by atoms with Gasteiger partial charge in [-0.3, -0.25) is 4.98 Å². The molecular weight excluding hydrogens is 466 g/mol. The van der Waals surface area contributed by atoms with Crippen LogP contribution in [0.4, 0.5) is 0 Å². The molecule has 2 heterocycles. The quantitative estimate of drug-likeness (QED) is 0.315. The molecule has 0 aliphatic carbocycles. The number of rotatable bonds is 1. The lowest BCUT2D eigenvalue weighted by Gasteiger charge is -2.01. The van der Waals surface area contributed by atoms with Crippen LogP contribution in [-0.2, 0) is 0 Å². The van der Waals surface area contributed by atoms with Crippen molar-refractivity contribution < 1.29 is 9.47 Å². The van der Waals surface area contributed by atoms with Gasteiger partial charge in [0.2, 0.25) is 6.79 Å². The highest BCUT2D eigenvalue weighted by Crippen LogP contribution is 2.30. The van der Waals surface area contributed by atoms with E-state index in [1.54, 1.807) is 12.4 Å². The minimum atomic E-state index is 0.360. The highest BCUT2D eigenvalue weighted by molar-refractivity contribution is 5.40. The molecule has 3 aromatic rings. The predicted molar refractivity (Wildman–Crippen MR) is 172 cm³/mol. The summed E-state index contributed by atoms with van der Waals surface area (Å²) in [5, 5.41) is 0. The SMILES string of the molecule is CC.CC.CC.CC(C)C.CC(C)C.CC(C)c1ccccc1.c1ccc2c(c1)OCO2.c1ccncc1. The first-order valence-corrected chi connectivity index (χ1v) is 14.5. The average Bonchev–Trinajstić information content (AvgIpc) is 3.43. The lowest BCUT2D eigenvalue weighted by molar-refractivity contribution is 0.174. The van der Waals surface area contributed by atoms with Crippen molar-refractivity contribution in [3.63, 3.8) is 0 Å². The summed E-state index contributed by atoms with van der Waals surface area (Å²) in [4.78, 5) is 3.78. The molecule has 0 unspecified atom stereocenters. The minimum Gasteiger partial charge on any atom is -0.454 e. The maximum Gasteiger partial charge on any atom is 0.231 e. The van der Waals surface area contributed by atoms with Crippen molar-refractivity contribution in [3.8, 4) is 11.5 Å². The molecule has 38 heavy (non-hydrogen) atoms. The molecule has 3 nitrogen and oxygen atoms in total. The topological polar surface area (TPSA) is 31.4 Å². The first-order chi connectivity index (χ1) is 18.2. The Kier molecular flexibility index (Phi) is 38.0. The molecule has 0 radical (unpaired) electrons. The van der Waals surface area contributed by atoms with Crippen LogP contribution in [0.2, 0.25) is 0 Å². The molecule has 0 saturated carbocycles. The fourth-order valence-electron chi connectivity index (χ4n) is 2.00. The van der Waals surface area contributed by atoms with Crippen LogP contribution in [0.5, 0.6) is 11.5 Å². The smallest absolute Gasteiger partial charge is 0.231 e. The van der Waals surface area contributed by atoms with Gasteiger partial charge in [-0.15, -0.1) is 0 Å². The van der Waals surface area contributed by atoms with E-state index in [-0.39, 0.29) is 0 Å². The van der Waals surface area contributed by atoms with Gasteiger partial charge in [0.25, 0.3) is 0 Å². The molecule has 1 aliphatic heterocycles. The van der Waals surface area contributed by atoms with E-state index in [0.29, 0.717) is 12.7 Å². The Bertz CT molecular complexity index is 711. The summed E-state index contributed by atoms with van der Waals surface area (Å²) in [6.07, 6.45) is 3.50. The summed E-state index contributed by atoms with van der Waals surface area (Å²) in [7, 11) is 0. The van der Waals surface area contributed by atoms with Crippen LogP contribution in [0.1, 0.15) is 108 Å². The third-order valence-corrected chi connectivity index (χ3v) is 3.31. The number of hydrogen-bond acceptors (Lipinski definition) is 3. The molecule has 2 aromatic carbocycles. The molecule has 0 bridgehead atoms. The zero-order valence-electron chi connectivity index (χ0n) is 27.3. The van der Waals surface area contributed by atoms with Crippen molar-refractivity contribution in [3.05, 3.63) is 90.8 Å². The van der Waals surface area contributed by atoms with Gasteiger partial charge in [0.15, 0.2) is 11.5 Å². The Morgan fingerprint density at radius 1 is 0.500 bits per heavy atom. The zero-order valence-corrected chi connectivity index (χ0v) is 27.3. The number of hydrogen-bond donors (Lipinski definition) is 0. The average molecular weight is 528 g/mol. The number of nitrogens with zero attached hydrogens (tertiary/aromatic N) is 1. The van der Waals surface area contributed by atoms with Crippen molar-refractivity contribution in [1.82, 2.24) is 4.98 Å². The van der Waals surface area contributed by atoms with Crippen LogP contribution >= 0.6 is 0 Å². The van der Waals surface area contributed by atoms with Crippen molar-refractivity contribution in [2.75, 3.05) is 6.79 Å². The van der Waals surface area contributed by atoms with Gasteiger partial charge in [0.1, 0.15) is 0 Å². The highest BCUT2D eigenvalue weighted by atomic mass is 16.7. The molecule has 0 amide bonds. The summed E-state index contributed by atoms with van der Waals surface area (Å²) in [6.45, 7) is 29.8. The number of fused-ring (bicyclic) bond motifs is 1. The fraction of sp³-hybridized carbons (Fsp3) is 0.514. The molecular formula is C35H61NO2. The van der Waals surface area contributed by atoms with Gasteiger partial charge < -0.3 is 9.47 Å². The second-order valence-corrected chi connectivity index (χ2v) is 8.91. The van der Waals surface area contributed by atoms with Crippen molar-refractivity contribution in [2.45, 2.75) is 103 Å². The first-order valence-electron chi connectivity index (χ1n) is 14.5. The molecule has 1 aromatic heterocycles.